The highest BCUT2D eigenvalue weighted by Crippen LogP contribution is 2.21. The van der Waals surface area contributed by atoms with E-state index >= 15 is 0 Å². The molecule has 0 aliphatic carbocycles. The second-order valence-corrected chi connectivity index (χ2v) is 3.65. The third-order valence-corrected chi connectivity index (χ3v) is 2.35. The van der Waals surface area contributed by atoms with Crippen molar-refractivity contribution in [3.05, 3.63) is 47.8 Å². The van der Waals surface area contributed by atoms with Gasteiger partial charge in [0, 0.05) is 6.20 Å². The molecule has 0 fully saturated rings. The van der Waals surface area contributed by atoms with Crippen LogP contribution in [0.3, 0.4) is 0 Å². The van der Waals surface area contributed by atoms with Crippen molar-refractivity contribution in [2.75, 3.05) is 11.1 Å². The van der Waals surface area contributed by atoms with Crippen LogP contribution in [0.15, 0.2) is 30.5 Å². The lowest BCUT2D eigenvalue weighted by molar-refractivity contribution is 0.633. The number of hydrogen-bond acceptors (Lipinski definition) is 4. The second-order valence-electron chi connectivity index (χ2n) is 3.65. The van der Waals surface area contributed by atoms with Gasteiger partial charge in [-0.2, -0.15) is 0 Å². The first-order valence-electron chi connectivity index (χ1n) is 5.23. The Morgan fingerprint density at radius 3 is 2.94 bits per heavy atom. The Kier molecular flexibility index (Phi) is 3.18. The number of para-hydroxylation sites is 1. The molecule has 5 heteroatoms. The van der Waals surface area contributed by atoms with Crippen molar-refractivity contribution >= 4 is 11.4 Å². The number of nitrogens with one attached hydrogen (secondary N) is 1. The molecule has 1 aromatic heterocycles. The highest BCUT2D eigenvalue weighted by atomic mass is 19.1. The maximum Gasteiger partial charge on any atom is 0.148 e. The molecule has 0 saturated heterocycles. The molecule has 0 unspecified atom stereocenters. The van der Waals surface area contributed by atoms with Crippen molar-refractivity contribution in [1.29, 1.82) is 0 Å². The molecule has 2 aromatic rings. The van der Waals surface area contributed by atoms with Crippen LogP contribution >= 0.6 is 0 Å². The van der Waals surface area contributed by atoms with E-state index in [1.54, 1.807) is 24.4 Å². The fourth-order valence-electron chi connectivity index (χ4n) is 1.48. The van der Waals surface area contributed by atoms with Crippen molar-refractivity contribution < 1.29 is 4.39 Å². The average Bonchev–Trinajstić information content (AvgIpc) is 2.31. The van der Waals surface area contributed by atoms with Gasteiger partial charge >= 0.3 is 0 Å². The van der Waals surface area contributed by atoms with Crippen molar-refractivity contribution in [2.45, 2.75) is 13.5 Å². The molecule has 0 aliphatic heterocycles. The Morgan fingerprint density at radius 2 is 2.18 bits per heavy atom. The van der Waals surface area contributed by atoms with Gasteiger partial charge in [-0.3, -0.25) is 0 Å². The Hall–Kier alpha value is -2.17. The molecule has 0 aliphatic rings. The fraction of sp³-hybridized carbons (Fsp3) is 0.167. The molecule has 0 radical (unpaired) electrons. The fourth-order valence-corrected chi connectivity index (χ4v) is 1.48. The second kappa shape index (κ2) is 4.78. The molecule has 88 valence electrons. The first-order chi connectivity index (χ1) is 8.16. The quantitative estimate of drug-likeness (QED) is 0.795. The van der Waals surface area contributed by atoms with Crippen LogP contribution in [0.2, 0.25) is 0 Å². The van der Waals surface area contributed by atoms with E-state index in [2.05, 4.69) is 15.3 Å². The van der Waals surface area contributed by atoms with Gasteiger partial charge in [0.25, 0.3) is 0 Å². The van der Waals surface area contributed by atoms with E-state index in [-0.39, 0.29) is 5.69 Å². The van der Waals surface area contributed by atoms with Crippen LogP contribution in [0.5, 0.6) is 0 Å². The number of anilines is 2. The summed E-state index contributed by atoms with van der Waals surface area (Å²) in [5.74, 6) is 0.283. The van der Waals surface area contributed by atoms with Gasteiger partial charge in [0.1, 0.15) is 11.6 Å². The summed E-state index contributed by atoms with van der Waals surface area (Å²) in [6.07, 6.45) is 1.69. The van der Waals surface area contributed by atoms with Crippen LogP contribution in [-0.4, -0.2) is 9.97 Å². The Bertz CT molecular complexity index is 528. The molecule has 1 heterocycles. The van der Waals surface area contributed by atoms with Crippen LogP contribution < -0.4 is 11.1 Å². The molecule has 0 amide bonds. The van der Waals surface area contributed by atoms with Crippen molar-refractivity contribution in [2.24, 2.45) is 0 Å². The zero-order valence-electron chi connectivity index (χ0n) is 9.44. The van der Waals surface area contributed by atoms with E-state index in [9.17, 15) is 4.39 Å². The summed E-state index contributed by atoms with van der Waals surface area (Å²) in [6.45, 7) is 2.30. The van der Waals surface area contributed by atoms with Gasteiger partial charge in [0.05, 0.1) is 23.6 Å². The number of nitrogens with zero attached hydrogens (tertiary/aromatic N) is 2. The van der Waals surface area contributed by atoms with Crippen molar-refractivity contribution in [3.63, 3.8) is 0 Å². The van der Waals surface area contributed by atoms with Crippen LogP contribution in [0.25, 0.3) is 0 Å². The minimum Gasteiger partial charge on any atom is -0.395 e. The van der Waals surface area contributed by atoms with E-state index in [1.165, 1.54) is 6.07 Å². The summed E-state index contributed by atoms with van der Waals surface area (Å²) in [5.41, 5.74) is 7.13. The zero-order valence-corrected chi connectivity index (χ0v) is 9.44. The summed E-state index contributed by atoms with van der Waals surface area (Å²) in [6, 6.07) is 6.47. The maximum atomic E-state index is 13.2. The number of benzene rings is 1. The minimum atomic E-state index is -0.422. The standard InChI is InChI=1S/C12H13FN4/c1-8-15-6-5-9(17-8)7-16-11-4-2-3-10(13)12(11)14/h2-6,16H,7,14H2,1H3. The van der Waals surface area contributed by atoms with Crippen molar-refractivity contribution in [1.82, 2.24) is 9.97 Å². The number of nitrogen functional groups attached to an aromatic ring is 1. The van der Waals surface area contributed by atoms with Gasteiger partial charge in [-0.25, -0.2) is 14.4 Å². The largest absolute Gasteiger partial charge is 0.395 e. The molecule has 2 rings (SSSR count). The van der Waals surface area contributed by atoms with Gasteiger partial charge in [0.2, 0.25) is 0 Å². The van der Waals surface area contributed by atoms with Gasteiger partial charge < -0.3 is 11.1 Å². The average molecular weight is 232 g/mol. The summed E-state index contributed by atoms with van der Waals surface area (Å²) >= 11 is 0. The van der Waals surface area contributed by atoms with E-state index in [1.807, 2.05) is 6.92 Å². The predicted octanol–water partition coefficient (Wildman–Crippen LogP) is 2.12. The third-order valence-electron chi connectivity index (χ3n) is 2.35. The molecular weight excluding hydrogens is 219 g/mol. The topological polar surface area (TPSA) is 63.8 Å². The molecule has 1 aromatic carbocycles. The predicted molar refractivity (Wildman–Crippen MR) is 64.9 cm³/mol. The van der Waals surface area contributed by atoms with E-state index in [4.69, 9.17) is 5.73 Å². The maximum absolute atomic E-state index is 13.2. The van der Waals surface area contributed by atoms with Crippen molar-refractivity contribution in [3.8, 4) is 0 Å². The molecular formula is C12H13FN4. The molecule has 0 bridgehead atoms. The number of rotatable bonds is 3. The number of halogens is 1. The van der Waals surface area contributed by atoms with Crippen LogP contribution in [0.1, 0.15) is 11.5 Å². The number of hydrogen-bond donors (Lipinski definition) is 2. The monoisotopic (exact) mass is 232 g/mol. The summed E-state index contributed by atoms with van der Waals surface area (Å²) in [7, 11) is 0. The summed E-state index contributed by atoms with van der Waals surface area (Å²) in [5, 5.41) is 3.04. The molecule has 0 saturated carbocycles. The highest BCUT2D eigenvalue weighted by molar-refractivity contribution is 5.66. The van der Waals surface area contributed by atoms with Gasteiger partial charge in [-0.05, 0) is 25.1 Å². The normalized spacial score (nSPS) is 10.2. The number of nitrogens with two attached hydrogens (primary N) is 1. The van der Waals surface area contributed by atoms with Crippen LogP contribution in [0, 0.1) is 12.7 Å². The number of aryl methyl sites for hydroxylation is 1. The van der Waals surface area contributed by atoms with Crippen LogP contribution in [0.4, 0.5) is 15.8 Å². The molecule has 3 N–H and O–H groups in total. The van der Waals surface area contributed by atoms with Gasteiger partial charge in [0.15, 0.2) is 0 Å². The molecule has 0 spiro atoms. The van der Waals surface area contributed by atoms with E-state index in [0.29, 0.717) is 18.1 Å². The highest BCUT2D eigenvalue weighted by Gasteiger charge is 2.04. The first-order valence-corrected chi connectivity index (χ1v) is 5.23. The molecule has 4 nitrogen and oxygen atoms in total. The lowest BCUT2D eigenvalue weighted by atomic mass is 10.2. The smallest absolute Gasteiger partial charge is 0.148 e. The lowest BCUT2D eigenvalue weighted by Gasteiger charge is -2.09. The SMILES string of the molecule is Cc1nccc(CNc2cccc(F)c2N)n1. The van der Waals surface area contributed by atoms with Gasteiger partial charge in [-0.1, -0.05) is 6.07 Å². The zero-order chi connectivity index (χ0) is 12.3. The summed E-state index contributed by atoms with van der Waals surface area (Å²) < 4.78 is 13.2. The minimum absolute atomic E-state index is 0.123. The van der Waals surface area contributed by atoms with Crippen LogP contribution in [-0.2, 0) is 6.54 Å². The van der Waals surface area contributed by atoms with E-state index < -0.39 is 5.82 Å². The Morgan fingerprint density at radius 1 is 1.35 bits per heavy atom. The lowest BCUT2D eigenvalue weighted by Crippen LogP contribution is -2.06. The van der Waals surface area contributed by atoms with Gasteiger partial charge in [-0.15, -0.1) is 0 Å². The third kappa shape index (κ3) is 2.69. The Labute approximate surface area is 98.7 Å². The number of aromatic nitrogens is 2. The molecule has 0 atom stereocenters. The summed E-state index contributed by atoms with van der Waals surface area (Å²) in [4.78, 5) is 8.24. The first kappa shape index (κ1) is 11.3. The molecule has 17 heavy (non-hydrogen) atoms. The van der Waals surface area contributed by atoms with E-state index in [0.717, 1.165) is 5.69 Å². The Balaban J connectivity index is 2.10.